The molecule has 26 heavy (non-hydrogen) atoms. The molecule has 1 saturated carbocycles. The first-order valence-electron chi connectivity index (χ1n) is 8.92. The van der Waals surface area contributed by atoms with E-state index in [1.807, 2.05) is 32.0 Å². The number of carbonyl (C=O) groups excluding carboxylic acids is 2. The third kappa shape index (κ3) is 5.09. The van der Waals surface area contributed by atoms with Gasteiger partial charge in [-0.1, -0.05) is 6.07 Å². The monoisotopic (exact) mass is 352 g/mol. The molecule has 1 fully saturated rings. The normalized spacial score (nSPS) is 13.2. The zero-order chi connectivity index (χ0) is 18.5. The topological polar surface area (TPSA) is 67.4 Å². The minimum Gasteiger partial charge on any atom is -0.493 e. The third-order valence-electron chi connectivity index (χ3n) is 4.42. The minimum absolute atomic E-state index is 0.0628. The van der Waals surface area contributed by atoms with Gasteiger partial charge in [0.15, 0.2) is 0 Å². The van der Waals surface area contributed by atoms with Crippen LogP contribution in [0.3, 0.4) is 0 Å². The van der Waals surface area contributed by atoms with Gasteiger partial charge in [0.05, 0.1) is 13.0 Å². The van der Waals surface area contributed by atoms with Crippen LogP contribution < -0.4 is 15.4 Å². The molecule has 2 aromatic rings. The quantitative estimate of drug-likeness (QED) is 0.800. The molecule has 1 aliphatic rings. The van der Waals surface area contributed by atoms with Crippen molar-refractivity contribution in [2.24, 2.45) is 0 Å². The predicted octanol–water partition coefficient (Wildman–Crippen LogP) is 3.60. The summed E-state index contributed by atoms with van der Waals surface area (Å²) in [5.41, 5.74) is 3.65. The van der Waals surface area contributed by atoms with Gasteiger partial charge in [-0.15, -0.1) is 0 Å². The number of benzene rings is 2. The molecule has 0 unspecified atom stereocenters. The van der Waals surface area contributed by atoms with Crippen LogP contribution in [-0.4, -0.2) is 24.5 Å². The standard InChI is InChI=1S/C21H24N2O3/c1-14-3-10-19(13-15(14)2)26-12-11-20(24)22-17-6-4-16(5-7-17)21(25)23-18-8-9-18/h3-7,10,13,18H,8-9,11-12H2,1-2H3,(H,22,24)(H,23,25). The van der Waals surface area contributed by atoms with E-state index in [1.54, 1.807) is 24.3 Å². The molecule has 0 saturated heterocycles. The highest BCUT2D eigenvalue weighted by atomic mass is 16.5. The van der Waals surface area contributed by atoms with Crippen molar-refractivity contribution in [1.82, 2.24) is 5.32 Å². The fourth-order valence-electron chi connectivity index (χ4n) is 2.49. The van der Waals surface area contributed by atoms with E-state index in [1.165, 1.54) is 5.56 Å². The van der Waals surface area contributed by atoms with Crippen LogP contribution in [-0.2, 0) is 4.79 Å². The van der Waals surface area contributed by atoms with Crippen LogP contribution in [0, 0.1) is 13.8 Å². The summed E-state index contributed by atoms with van der Waals surface area (Å²) in [6, 6.07) is 13.1. The van der Waals surface area contributed by atoms with E-state index >= 15 is 0 Å². The molecule has 1 aliphatic carbocycles. The Hall–Kier alpha value is -2.82. The van der Waals surface area contributed by atoms with Gasteiger partial charge >= 0.3 is 0 Å². The number of hydrogen-bond acceptors (Lipinski definition) is 3. The Bertz CT molecular complexity index is 795. The summed E-state index contributed by atoms with van der Waals surface area (Å²) in [6.07, 6.45) is 2.38. The second kappa shape index (κ2) is 8.04. The number of amides is 2. The lowest BCUT2D eigenvalue weighted by Crippen LogP contribution is -2.25. The van der Waals surface area contributed by atoms with Crippen LogP contribution in [0.15, 0.2) is 42.5 Å². The number of carbonyl (C=O) groups is 2. The highest BCUT2D eigenvalue weighted by Crippen LogP contribution is 2.20. The summed E-state index contributed by atoms with van der Waals surface area (Å²) < 4.78 is 5.63. The molecular weight excluding hydrogens is 328 g/mol. The molecular formula is C21H24N2O3. The Labute approximate surface area is 153 Å². The summed E-state index contributed by atoms with van der Waals surface area (Å²) in [7, 11) is 0. The lowest BCUT2D eigenvalue weighted by Gasteiger charge is -2.09. The van der Waals surface area contributed by atoms with Crippen molar-refractivity contribution in [3.63, 3.8) is 0 Å². The molecule has 2 N–H and O–H groups in total. The first-order valence-corrected chi connectivity index (χ1v) is 8.92. The maximum atomic E-state index is 12.0. The van der Waals surface area contributed by atoms with Crippen molar-refractivity contribution in [3.8, 4) is 5.75 Å². The number of aryl methyl sites for hydroxylation is 2. The van der Waals surface area contributed by atoms with Gasteiger partial charge in [-0.25, -0.2) is 0 Å². The highest BCUT2D eigenvalue weighted by molar-refractivity contribution is 5.96. The smallest absolute Gasteiger partial charge is 0.251 e. The first-order chi connectivity index (χ1) is 12.5. The van der Waals surface area contributed by atoms with Crippen molar-refractivity contribution < 1.29 is 14.3 Å². The number of nitrogens with one attached hydrogen (secondary N) is 2. The Morgan fingerprint density at radius 3 is 2.42 bits per heavy atom. The summed E-state index contributed by atoms with van der Waals surface area (Å²) in [4.78, 5) is 24.0. The molecule has 0 heterocycles. The Morgan fingerprint density at radius 1 is 1.04 bits per heavy atom. The maximum Gasteiger partial charge on any atom is 0.251 e. The Kier molecular flexibility index (Phi) is 5.56. The van der Waals surface area contributed by atoms with Gasteiger partial charge in [0.2, 0.25) is 5.91 Å². The molecule has 3 rings (SSSR count). The summed E-state index contributed by atoms with van der Waals surface area (Å²) in [5.74, 6) is 0.586. The predicted molar refractivity (Wildman–Crippen MR) is 102 cm³/mol. The van der Waals surface area contributed by atoms with Crippen LogP contribution in [0.25, 0.3) is 0 Å². The highest BCUT2D eigenvalue weighted by Gasteiger charge is 2.23. The van der Waals surface area contributed by atoms with Crippen molar-refractivity contribution in [2.45, 2.75) is 39.2 Å². The maximum absolute atomic E-state index is 12.0. The Balaban J connectivity index is 1.43. The van der Waals surface area contributed by atoms with Crippen LogP contribution in [0.2, 0.25) is 0 Å². The molecule has 0 atom stereocenters. The molecule has 0 spiro atoms. The summed E-state index contributed by atoms with van der Waals surface area (Å²) in [5, 5.41) is 5.76. The van der Waals surface area contributed by atoms with Crippen molar-refractivity contribution >= 4 is 17.5 Å². The average molecular weight is 352 g/mol. The molecule has 2 amide bonds. The molecule has 136 valence electrons. The minimum atomic E-state index is -0.121. The third-order valence-corrected chi connectivity index (χ3v) is 4.42. The van der Waals surface area contributed by atoms with Gasteiger partial charge in [-0.2, -0.15) is 0 Å². The number of anilines is 1. The Morgan fingerprint density at radius 2 is 1.77 bits per heavy atom. The molecule has 5 nitrogen and oxygen atoms in total. The van der Waals surface area contributed by atoms with Crippen LogP contribution in [0.5, 0.6) is 5.75 Å². The van der Waals surface area contributed by atoms with E-state index in [9.17, 15) is 9.59 Å². The van der Waals surface area contributed by atoms with E-state index in [4.69, 9.17) is 4.74 Å². The molecule has 5 heteroatoms. The van der Waals surface area contributed by atoms with E-state index in [-0.39, 0.29) is 18.2 Å². The number of ether oxygens (including phenoxy) is 1. The number of rotatable bonds is 7. The van der Waals surface area contributed by atoms with Gasteiger partial charge in [0, 0.05) is 17.3 Å². The first kappa shape index (κ1) is 18.0. The number of hydrogen-bond donors (Lipinski definition) is 2. The molecule has 0 aliphatic heterocycles. The van der Waals surface area contributed by atoms with E-state index in [2.05, 4.69) is 10.6 Å². The lowest BCUT2D eigenvalue weighted by atomic mass is 10.1. The van der Waals surface area contributed by atoms with Crippen molar-refractivity contribution in [1.29, 1.82) is 0 Å². The van der Waals surface area contributed by atoms with Crippen molar-refractivity contribution in [2.75, 3.05) is 11.9 Å². The van der Waals surface area contributed by atoms with E-state index in [0.29, 0.717) is 23.9 Å². The average Bonchev–Trinajstić information content (AvgIpc) is 3.42. The van der Waals surface area contributed by atoms with E-state index in [0.717, 1.165) is 24.2 Å². The second-order valence-electron chi connectivity index (χ2n) is 6.72. The van der Waals surface area contributed by atoms with Gasteiger partial charge in [0.25, 0.3) is 5.91 Å². The fraction of sp³-hybridized carbons (Fsp3) is 0.333. The zero-order valence-corrected chi connectivity index (χ0v) is 15.2. The fourth-order valence-corrected chi connectivity index (χ4v) is 2.49. The zero-order valence-electron chi connectivity index (χ0n) is 15.2. The lowest BCUT2D eigenvalue weighted by molar-refractivity contribution is -0.116. The largest absolute Gasteiger partial charge is 0.493 e. The molecule has 0 radical (unpaired) electrons. The van der Waals surface area contributed by atoms with Crippen molar-refractivity contribution in [3.05, 3.63) is 59.2 Å². The molecule has 0 aromatic heterocycles. The van der Waals surface area contributed by atoms with Gasteiger partial charge in [-0.3, -0.25) is 9.59 Å². The molecule has 0 bridgehead atoms. The second-order valence-corrected chi connectivity index (χ2v) is 6.72. The van der Waals surface area contributed by atoms with Crippen LogP contribution >= 0.6 is 0 Å². The summed E-state index contributed by atoms with van der Waals surface area (Å²) >= 11 is 0. The SMILES string of the molecule is Cc1ccc(OCCC(=O)Nc2ccc(C(=O)NC3CC3)cc2)cc1C. The van der Waals surface area contributed by atoms with Crippen LogP contribution in [0.4, 0.5) is 5.69 Å². The molecule has 2 aromatic carbocycles. The van der Waals surface area contributed by atoms with Gasteiger partial charge in [0.1, 0.15) is 5.75 Å². The van der Waals surface area contributed by atoms with Crippen LogP contribution in [0.1, 0.15) is 40.7 Å². The van der Waals surface area contributed by atoms with Gasteiger partial charge in [-0.05, 0) is 74.2 Å². The summed E-state index contributed by atoms with van der Waals surface area (Å²) in [6.45, 7) is 4.40. The van der Waals surface area contributed by atoms with E-state index < -0.39 is 0 Å². The van der Waals surface area contributed by atoms with Gasteiger partial charge < -0.3 is 15.4 Å².